The van der Waals surface area contributed by atoms with Crippen molar-refractivity contribution in [2.24, 2.45) is 11.8 Å². The molecular weight excluding hydrogens is 194 g/mol. The highest BCUT2D eigenvalue weighted by Crippen LogP contribution is 2.32. The Hall–Kier alpha value is -0.610. The summed E-state index contributed by atoms with van der Waals surface area (Å²) in [5, 5.41) is 3.32. The van der Waals surface area contributed by atoms with Gasteiger partial charge in [-0.25, -0.2) is 0 Å². The smallest absolute Gasteiger partial charge is 0.311 e. The van der Waals surface area contributed by atoms with Crippen LogP contribution in [0.3, 0.4) is 0 Å². The molecule has 0 amide bonds. The zero-order chi connectivity index (χ0) is 10.7. The number of nitrogens with one attached hydrogen (secondary N) is 1. The van der Waals surface area contributed by atoms with Gasteiger partial charge in [0.05, 0.1) is 19.1 Å². The lowest BCUT2D eigenvalue weighted by Gasteiger charge is -2.29. The Kier molecular flexibility index (Phi) is 3.59. The normalized spacial score (nSPS) is 32.9. The average Bonchev–Trinajstić information content (AvgIpc) is 2.78. The number of hydrogen-bond donors (Lipinski definition) is 1. The number of carbonyl (C=O) groups excluding carboxylic acids is 1. The monoisotopic (exact) mass is 213 g/mol. The SMILES string of the molecule is COC(=O)C1CCOC1C1CCNCC1. The highest BCUT2D eigenvalue weighted by atomic mass is 16.5. The summed E-state index contributed by atoms with van der Waals surface area (Å²) in [5.41, 5.74) is 0. The van der Waals surface area contributed by atoms with Gasteiger partial charge in [-0.1, -0.05) is 0 Å². The summed E-state index contributed by atoms with van der Waals surface area (Å²) in [7, 11) is 1.46. The summed E-state index contributed by atoms with van der Waals surface area (Å²) < 4.78 is 10.5. The first kappa shape index (κ1) is 10.9. The van der Waals surface area contributed by atoms with Crippen LogP contribution in [-0.2, 0) is 14.3 Å². The van der Waals surface area contributed by atoms with Crippen molar-refractivity contribution >= 4 is 5.97 Å². The van der Waals surface area contributed by atoms with E-state index in [1.807, 2.05) is 0 Å². The maximum atomic E-state index is 11.5. The molecule has 0 spiro atoms. The van der Waals surface area contributed by atoms with E-state index in [0.717, 1.165) is 32.4 Å². The highest BCUT2D eigenvalue weighted by Gasteiger charge is 2.40. The van der Waals surface area contributed by atoms with Crippen molar-refractivity contribution in [3.63, 3.8) is 0 Å². The topological polar surface area (TPSA) is 47.6 Å². The molecule has 1 N–H and O–H groups in total. The van der Waals surface area contributed by atoms with Gasteiger partial charge in [-0.2, -0.15) is 0 Å². The Bertz CT molecular complexity index is 226. The lowest BCUT2D eigenvalue weighted by atomic mass is 9.85. The van der Waals surface area contributed by atoms with Crippen LogP contribution in [-0.4, -0.2) is 38.9 Å². The van der Waals surface area contributed by atoms with Gasteiger partial charge >= 0.3 is 5.97 Å². The van der Waals surface area contributed by atoms with E-state index in [1.165, 1.54) is 7.11 Å². The Morgan fingerprint density at radius 3 is 2.73 bits per heavy atom. The van der Waals surface area contributed by atoms with Gasteiger partial charge in [0.25, 0.3) is 0 Å². The van der Waals surface area contributed by atoms with Crippen molar-refractivity contribution in [3.05, 3.63) is 0 Å². The minimum Gasteiger partial charge on any atom is -0.469 e. The Labute approximate surface area is 90.3 Å². The summed E-state index contributed by atoms with van der Waals surface area (Å²) in [6.07, 6.45) is 3.14. The molecule has 2 atom stereocenters. The molecule has 0 aliphatic carbocycles. The first-order valence-corrected chi connectivity index (χ1v) is 5.73. The standard InChI is InChI=1S/C11H19NO3/c1-14-11(13)9-4-7-15-10(9)8-2-5-12-6-3-8/h8-10,12H,2-7H2,1H3. The molecular formula is C11H19NO3. The molecule has 0 radical (unpaired) electrons. The van der Waals surface area contributed by atoms with Gasteiger partial charge in [-0.15, -0.1) is 0 Å². The van der Waals surface area contributed by atoms with Crippen LogP contribution in [0, 0.1) is 11.8 Å². The first-order valence-electron chi connectivity index (χ1n) is 5.73. The summed E-state index contributed by atoms with van der Waals surface area (Å²) in [4.78, 5) is 11.5. The van der Waals surface area contributed by atoms with Crippen molar-refractivity contribution in [3.8, 4) is 0 Å². The summed E-state index contributed by atoms with van der Waals surface area (Å²) >= 11 is 0. The lowest BCUT2D eigenvalue weighted by Crippen LogP contribution is -2.38. The van der Waals surface area contributed by atoms with Gasteiger partial charge in [-0.3, -0.25) is 4.79 Å². The third-order valence-corrected chi connectivity index (χ3v) is 3.49. The van der Waals surface area contributed by atoms with E-state index in [1.54, 1.807) is 0 Å². The second-order valence-electron chi connectivity index (χ2n) is 4.34. The van der Waals surface area contributed by atoms with E-state index in [2.05, 4.69) is 5.32 Å². The Morgan fingerprint density at radius 1 is 1.33 bits per heavy atom. The number of esters is 1. The van der Waals surface area contributed by atoms with Gasteiger partial charge in [-0.05, 0) is 38.3 Å². The molecule has 0 saturated carbocycles. The molecule has 86 valence electrons. The molecule has 15 heavy (non-hydrogen) atoms. The third-order valence-electron chi connectivity index (χ3n) is 3.49. The second-order valence-corrected chi connectivity index (χ2v) is 4.34. The van der Waals surface area contributed by atoms with Crippen LogP contribution in [0.2, 0.25) is 0 Å². The van der Waals surface area contributed by atoms with E-state index in [9.17, 15) is 4.79 Å². The van der Waals surface area contributed by atoms with Crippen molar-refractivity contribution < 1.29 is 14.3 Å². The van der Waals surface area contributed by atoms with E-state index in [-0.39, 0.29) is 18.0 Å². The molecule has 0 aromatic rings. The van der Waals surface area contributed by atoms with Crippen molar-refractivity contribution in [2.45, 2.75) is 25.4 Å². The fraction of sp³-hybridized carbons (Fsp3) is 0.909. The summed E-state index contributed by atoms with van der Waals surface area (Å²) in [6, 6.07) is 0. The van der Waals surface area contributed by atoms with Crippen LogP contribution >= 0.6 is 0 Å². The molecule has 2 aliphatic heterocycles. The summed E-state index contributed by atoms with van der Waals surface area (Å²) in [5.74, 6) is 0.395. The van der Waals surface area contributed by atoms with Gasteiger partial charge in [0.2, 0.25) is 0 Å². The number of hydrogen-bond acceptors (Lipinski definition) is 4. The van der Waals surface area contributed by atoms with E-state index < -0.39 is 0 Å². The molecule has 4 nitrogen and oxygen atoms in total. The minimum atomic E-state index is -0.101. The average molecular weight is 213 g/mol. The molecule has 0 bridgehead atoms. The van der Waals surface area contributed by atoms with Gasteiger partial charge in [0.1, 0.15) is 0 Å². The number of piperidine rings is 1. The molecule has 4 heteroatoms. The van der Waals surface area contributed by atoms with Crippen LogP contribution < -0.4 is 5.32 Å². The fourth-order valence-electron chi connectivity index (χ4n) is 2.65. The number of carbonyl (C=O) groups is 1. The predicted molar refractivity (Wildman–Crippen MR) is 55.5 cm³/mol. The molecule has 0 aromatic carbocycles. The number of methoxy groups -OCH3 is 1. The van der Waals surface area contributed by atoms with E-state index in [0.29, 0.717) is 12.5 Å². The van der Waals surface area contributed by atoms with E-state index in [4.69, 9.17) is 9.47 Å². The summed E-state index contributed by atoms with van der Waals surface area (Å²) in [6.45, 7) is 2.78. The maximum Gasteiger partial charge on any atom is 0.311 e. The number of rotatable bonds is 2. The predicted octanol–water partition coefficient (Wildman–Crippen LogP) is 0.564. The Balaban J connectivity index is 1.97. The second kappa shape index (κ2) is 4.94. The molecule has 0 aromatic heterocycles. The maximum absolute atomic E-state index is 11.5. The third kappa shape index (κ3) is 2.32. The molecule has 2 rings (SSSR count). The zero-order valence-electron chi connectivity index (χ0n) is 9.20. The van der Waals surface area contributed by atoms with Crippen LogP contribution in [0.15, 0.2) is 0 Å². The van der Waals surface area contributed by atoms with Crippen molar-refractivity contribution in [1.29, 1.82) is 0 Å². The molecule has 2 aliphatic rings. The fourth-order valence-corrected chi connectivity index (χ4v) is 2.65. The molecule has 2 heterocycles. The van der Waals surface area contributed by atoms with Crippen molar-refractivity contribution in [2.75, 3.05) is 26.8 Å². The van der Waals surface area contributed by atoms with Crippen LogP contribution in [0.1, 0.15) is 19.3 Å². The largest absolute Gasteiger partial charge is 0.469 e. The Morgan fingerprint density at radius 2 is 2.07 bits per heavy atom. The first-order chi connectivity index (χ1) is 7.33. The van der Waals surface area contributed by atoms with Gasteiger partial charge in [0, 0.05) is 6.61 Å². The number of ether oxygens (including phenoxy) is 2. The van der Waals surface area contributed by atoms with Gasteiger partial charge < -0.3 is 14.8 Å². The van der Waals surface area contributed by atoms with Crippen LogP contribution in [0.4, 0.5) is 0 Å². The van der Waals surface area contributed by atoms with Crippen LogP contribution in [0.5, 0.6) is 0 Å². The van der Waals surface area contributed by atoms with Gasteiger partial charge in [0.15, 0.2) is 0 Å². The van der Waals surface area contributed by atoms with Crippen LogP contribution in [0.25, 0.3) is 0 Å². The van der Waals surface area contributed by atoms with E-state index >= 15 is 0 Å². The minimum absolute atomic E-state index is 0.0295. The quantitative estimate of drug-likeness (QED) is 0.681. The highest BCUT2D eigenvalue weighted by molar-refractivity contribution is 5.73. The molecule has 2 saturated heterocycles. The zero-order valence-corrected chi connectivity index (χ0v) is 9.20. The van der Waals surface area contributed by atoms with Crippen molar-refractivity contribution in [1.82, 2.24) is 5.32 Å². The molecule has 2 fully saturated rings. The lowest BCUT2D eigenvalue weighted by molar-refractivity contribution is -0.148. The molecule has 2 unspecified atom stereocenters.